The summed E-state index contributed by atoms with van der Waals surface area (Å²) in [4.78, 5) is 16.1. The lowest BCUT2D eigenvalue weighted by Gasteiger charge is -2.24. The Balaban J connectivity index is 1.94. The smallest absolute Gasteiger partial charge is 0.232 e. The van der Waals surface area contributed by atoms with Crippen LogP contribution in [0.15, 0.2) is 42.6 Å². The number of nitrogens with one attached hydrogen (secondary N) is 1. The highest BCUT2D eigenvalue weighted by molar-refractivity contribution is 7.92. The molecule has 0 saturated carbocycles. The van der Waals surface area contributed by atoms with Gasteiger partial charge >= 0.3 is 0 Å². The molecule has 0 saturated heterocycles. The molecule has 26 heavy (non-hydrogen) atoms. The molecule has 8 heteroatoms. The Morgan fingerprint density at radius 3 is 2.65 bits per heavy atom. The van der Waals surface area contributed by atoms with Crippen LogP contribution in [0.3, 0.4) is 0 Å². The van der Waals surface area contributed by atoms with Crippen molar-refractivity contribution in [2.75, 3.05) is 17.1 Å². The van der Waals surface area contributed by atoms with Gasteiger partial charge in [0.1, 0.15) is 0 Å². The molecule has 1 aromatic heterocycles. The number of halogens is 1. The maximum absolute atomic E-state index is 12.2. The molecular formula is C18H22ClN3O3S. The van der Waals surface area contributed by atoms with Crippen molar-refractivity contribution in [1.29, 1.82) is 0 Å². The fourth-order valence-corrected chi connectivity index (χ4v) is 3.68. The van der Waals surface area contributed by atoms with Crippen LogP contribution in [0.5, 0.6) is 0 Å². The van der Waals surface area contributed by atoms with Crippen LogP contribution in [0.4, 0.5) is 5.69 Å². The molecular weight excluding hydrogens is 374 g/mol. The lowest BCUT2D eigenvalue weighted by atomic mass is 10.2. The summed E-state index contributed by atoms with van der Waals surface area (Å²) in [6.07, 6.45) is 3.43. The molecule has 0 unspecified atom stereocenters. The molecule has 140 valence electrons. The first-order valence-corrected chi connectivity index (χ1v) is 10.4. The molecule has 2 rings (SSSR count). The third-order valence-corrected chi connectivity index (χ3v) is 5.46. The van der Waals surface area contributed by atoms with Gasteiger partial charge in [0, 0.05) is 24.2 Å². The van der Waals surface area contributed by atoms with Crippen molar-refractivity contribution in [3.63, 3.8) is 0 Å². The van der Waals surface area contributed by atoms with Crippen LogP contribution in [-0.4, -0.2) is 32.1 Å². The highest BCUT2D eigenvalue weighted by atomic mass is 35.5. The second-order valence-electron chi connectivity index (χ2n) is 5.92. The highest BCUT2D eigenvalue weighted by Crippen LogP contribution is 2.28. The van der Waals surface area contributed by atoms with Gasteiger partial charge in [-0.15, -0.1) is 0 Å². The molecule has 1 aromatic carbocycles. The van der Waals surface area contributed by atoms with Crippen molar-refractivity contribution < 1.29 is 13.2 Å². The molecule has 0 radical (unpaired) electrons. The maximum atomic E-state index is 12.2. The van der Waals surface area contributed by atoms with Gasteiger partial charge in [0.15, 0.2) is 0 Å². The Hall–Kier alpha value is -2.12. The summed E-state index contributed by atoms with van der Waals surface area (Å²) in [5, 5.41) is 3.29. The van der Waals surface area contributed by atoms with E-state index in [0.717, 1.165) is 11.9 Å². The number of pyridine rings is 1. The minimum Gasteiger partial charge on any atom is -0.350 e. The topological polar surface area (TPSA) is 79.4 Å². The number of sulfonamides is 1. The van der Waals surface area contributed by atoms with Crippen LogP contribution < -0.4 is 9.62 Å². The molecule has 0 fully saturated rings. The van der Waals surface area contributed by atoms with Gasteiger partial charge in [0.25, 0.3) is 0 Å². The second kappa shape index (κ2) is 9.00. The van der Waals surface area contributed by atoms with E-state index in [2.05, 4.69) is 10.3 Å². The minimum absolute atomic E-state index is 0.146. The second-order valence-corrected chi connectivity index (χ2v) is 8.23. The molecule has 0 aliphatic heterocycles. The van der Waals surface area contributed by atoms with E-state index in [9.17, 15) is 13.2 Å². The van der Waals surface area contributed by atoms with Crippen LogP contribution in [0.2, 0.25) is 5.02 Å². The summed E-state index contributed by atoms with van der Waals surface area (Å²) in [6, 6.07) is 10.6. The molecule has 1 heterocycles. The number of amides is 1. The Labute approximate surface area is 159 Å². The Kier molecular flexibility index (Phi) is 6.99. The summed E-state index contributed by atoms with van der Waals surface area (Å²) in [5.74, 6) is -0.146. The van der Waals surface area contributed by atoms with E-state index in [1.165, 1.54) is 4.31 Å². The van der Waals surface area contributed by atoms with Gasteiger partial charge < -0.3 is 5.32 Å². The molecule has 1 N–H and O–H groups in total. The minimum atomic E-state index is -3.48. The summed E-state index contributed by atoms with van der Waals surface area (Å²) < 4.78 is 25.6. The standard InChI is InChI=1S/C18H22ClN3O3S/c1-14-16(19)8-5-9-17(14)22(26(2,24)25)12-6-10-18(23)21-13-15-7-3-4-11-20-15/h3-5,7-9,11H,6,10,12-13H2,1-2H3,(H,21,23). The number of carbonyl (C=O) groups is 1. The monoisotopic (exact) mass is 395 g/mol. The van der Waals surface area contributed by atoms with Crippen molar-refractivity contribution >= 4 is 33.2 Å². The van der Waals surface area contributed by atoms with Crippen molar-refractivity contribution in [1.82, 2.24) is 10.3 Å². The zero-order chi connectivity index (χ0) is 19.2. The van der Waals surface area contributed by atoms with Crippen molar-refractivity contribution in [2.45, 2.75) is 26.3 Å². The number of rotatable bonds is 8. The van der Waals surface area contributed by atoms with Gasteiger partial charge in [-0.05, 0) is 43.2 Å². The number of hydrogen-bond donors (Lipinski definition) is 1. The van der Waals surface area contributed by atoms with Crippen LogP contribution in [0, 0.1) is 6.92 Å². The molecule has 1 amide bonds. The van der Waals surface area contributed by atoms with Crippen LogP contribution in [-0.2, 0) is 21.4 Å². The number of hydrogen-bond acceptors (Lipinski definition) is 4. The Bertz CT molecular complexity index is 857. The van der Waals surface area contributed by atoms with Gasteiger partial charge in [-0.25, -0.2) is 8.42 Å². The average molecular weight is 396 g/mol. The van der Waals surface area contributed by atoms with E-state index in [1.54, 1.807) is 31.3 Å². The molecule has 6 nitrogen and oxygen atoms in total. The molecule has 0 aliphatic carbocycles. The van der Waals surface area contributed by atoms with E-state index < -0.39 is 10.0 Å². The summed E-state index contributed by atoms with van der Waals surface area (Å²) in [5.41, 5.74) is 2.00. The van der Waals surface area contributed by atoms with Crippen molar-refractivity contribution in [3.05, 3.63) is 58.9 Å². The molecule has 2 aromatic rings. The van der Waals surface area contributed by atoms with Gasteiger partial charge in [-0.2, -0.15) is 0 Å². The van der Waals surface area contributed by atoms with Gasteiger partial charge in [0.05, 0.1) is 24.2 Å². The zero-order valence-electron chi connectivity index (χ0n) is 14.8. The normalized spacial score (nSPS) is 11.2. The fourth-order valence-electron chi connectivity index (χ4n) is 2.49. The van der Waals surface area contributed by atoms with Crippen molar-refractivity contribution in [2.24, 2.45) is 0 Å². The summed E-state index contributed by atoms with van der Waals surface area (Å²) in [6.45, 7) is 2.33. The van der Waals surface area contributed by atoms with E-state index in [0.29, 0.717) is 29.2 Å². The van der Waals surface area contributed by atoms with E-state index >= 15 is 0 Å². The number of aromatic nitrogens is 1. The highest BCUT2D eigenvalue weighted by Gasteiger charge is 2.20. The predicted octanol–water partition coefficient (Wildman–Crippen LogP) is 2.91. The first-order valence-electron chi connectivity index (χ1n) is 8.18. The fraction of sp³-hybridized carbons (Fsp3) is 0.333. The van der Waals surface area contributed by atoms with Gasteiger partial charge in [-0.3, -0.25) is 14.1 Å². The maximum Gasteiger partial charge on any atom is 0.232 e. The lowest BCUT2D eigenvalue weighted by molar-refractivity contribution is -0.121. The number of benzene rings is 1. The quantitative estimate of drug-likeness (QED) is 0.745. The van der Waals surface area contributed by atoms with E-state index in [1.807, 2.05) is 18.2 Å². The van der Waals surface area contributed by atoms with Crippen LogP contribution >= 0.6 is 11.6 Å². The first kappa shape index (κ1) is 20.2. The number of anilines is 1. The first-order chi connectivity index (χ1) is 12.3. The zero-order valence-corrected chi connectivity index (χ0v) is 16.3. The van der Waals surface area contributed by atoms with Crippen LogP contribution in [0.25, 0.3) is 0 Å². The van der Waals surface area contributed by atoms with Gasteiger partial charge in [-0.1, -0.05) is 23.7 Å². The Morgan fingerprint density at radius 1 is 1.23 bits per heavy atom. The molecule has 0 bridgehead atoms. The summed E-state index contributed by atoms with van der Waals surface area (Å²) >= 11 is 6.10. The third kappa shape index (κ3) is 5.71. The Morgan fingerprint density at radius 2 is 2.00 bits per heavy atom. The average Bonchev–Trinajstić information content (AvgIpc) is 2.60. The summed E-state index contributed by atoms with van der Waals surface area (Å²) in [7, 11) is -3.48. The number of carbonyl (C=O) groups excluding carboxylic acids is 1. The predicted molar refractivity (Wildman–Crippen MR) is 104 cm³/mol. The van der Waals surface area contributed by atoms with E-state index in [-0.39, 0.29) is 18.9 Å². The number of nitrogens with zero attached hydrogens (tertiary/aromatic N) is 2. The largest absolute Gasteiger partial charge is 0.350 e. The molecule has 0 aliphatic rings. The van der Waals surface area contributed by atoms with Crippen LogP contribution in [0.1, 0.15) is 24.1 Å². The van der Waals surface area contributed by atoms with Gasteiger partial charge in [0.2, 0.25) is 15.9 Å². The molecule has 0 spiro atoms. The molecule has 0 atom stereocenters. The van der Waals surface area contributed by atoms with E-state index in [4.69, 9.17) is 11.6 Å². The SMILES string of the molecule is Cc1c(Cl)cccc1N(CCCC(=O)NCc1ccccn1)S(C)(=O)=O. The van der Waals surface area contributed by atoms with Crippen molar-refractivity contribution in [3.8, 4) is 0 Å². The lowest BCUT2D eigenvalue weighted by Crippen LogP contribution is -2.32. The third-order valence-electron chi connectivity index (χ3n) is 3.87.